The predicted molar refractivity (Wildman–Crippen MR) is 114 cm³/mol. The largest absolute Gasteiger partial charge is 0.396 e. The Labute approximate surface area is 179 Å². The van der Waals surface area contributed by atoms with Crippen molar-refractivity contribution in [3.05, 3.63) is 65.0 Å². The van der Waals surface area contributed by atoms with E-state index >= 15 is 0 Å². The molecule has 3 aromatic rings. The second kappa shape index (κ2) is 9.28. The van der Waals surface area contributed by atoms with Crippen LogP contribution >= 0.6 is 11.6 Å². The number of nitrogens with zero attached hydrogens (tertiary/aromatic N) is 3. The number of carbonyl (C=O) groups excluding carboxylic acids is 1. The first-order valence-electron chi connectivity index (χ1n) is 9.95. The lowest BCUT2D eigenvalue weighted by Crippen LogP contribution is -2.40. The minimum Gasteiger partial charge on any atom is -0.396 e. The fourth-order valence-corrected chi connectivity index (χ4v) is 3.69. The summed E-state index contributed by atoms with van der Waals surface area (Å²) in [7, 11) is 0. The summed E-state index contributed by atoms with van der Waals surface area (Å²) in [6, 6.07) is 14.6. The summed E-state index contributed by atoms with van der Waals surface area (Å²) in [5.74, 6) is 1.09. The van der Waals surface area contributed by atoms with E-state index in [4.69, 9.17) is 16.1 Å². The van der Waals surface area contributed by atoms with Crippen LogP contribution in [0, 0.1) is 5.92 Å². The highest BCUT2D eigenvalue weighted by molar-refractivity contribution is 6.30. The first-order chi connectivity index (χ1) is 14.6. The molecule has 0 radical (unpaired) electrons. The number of hydrogen-bond acceptors (Lipinski definition) is 6. The normalized spacial score (nSPS) is 16.5. The van der Waals surface area contributed by atoms with Crippen molar-refractivity contribution in [2.45, 2.75) is 19.4 Å². The highest BCUT2D eigenvalue weighted by atomic mass is 35.5. The van der Waals surface area contributed by atoms with E-state index in [-0.39, 0.29) is 18.4 Å². The van der Waals surface area contributed by atoms with E-state index < -0.39 is 0 Å². The third kappa shape index (κ3) is 4.80. The van der Waals surface area contributed by atoms with Crippen LogP contribution in [0.25, 0.3) is 11.4 Å². The highest BCUT2D eigenvalue weighted by Crippen LogP contribution is 2.21. The number of rotatable bonds is 6. The fourth-order valence-electron chi connectivity index (χ4n) is 3.56. The van der Waals surface area contributed by atoms with Gasteiger partial charge >= 0.3 is 0 Å². The Morgan fingerprint density at radius 3 is 2.90 bits per heavy atom. The lowest BCUT2D eigenvalue weighted by Gasteiger charge is -2.32. The Bertz CT molecular complexity index is 1010. The van der Waals surface area contributed by atoms with Gasteiger partial charge < -0.3 is 19.8 Å². The van der Waals surface area contributed by atoms with E-state index in [0.29, 0.717) is 35.4 Å². The van der Waals surface area contributed by atoms with Crippen LogP contribution < -0.4 is 5.32 Å². The monoisotopic (exact) mass is 426 g/mol. The summed E-state index contributed by atoms with van der Waals surface area (Å²) in [5.41, 5.74) is 2.23. The number of aliphatic hydroxyl groups is 1. The van der Waals surface area contributed by atoms with Crippen molar-refractivity contribution in [3.8, 4) is 11.4 Å². The van der Waals surface area contributed by atoms with Crippen LogP contribution in [0.1, 0.15) is 29.1 Å². The maximum atomic E-state index is 12.8. The SMILES string of the molecule is O=C(c1cccc(NCc2nc(-c3ccc(Cl)cc3)no2)c1)N1CCCC(CO)C1. The van der Waals surface area contributed by atoms with Gasteiger partial charge in [-0.3, -0.25) is 4.79 Å². The molecule has 0 bridgehead atoms. The number of piperidine rings is 1. The number of hydrogen-bond donors (Lipinski definition) is 2. The van der Waals surface area contributed by atoms with Gasteiger partial charge in [-0.1, -0.05) is 22.8 Å². The molecule has 8 heteroatoms. The van der Waals surface area contributed by atoms with Crippen LogP contribution in [0.15, 0.2) is 53.1 Å². The molecule has 2 aromatic carbocycles. The quantitative estimate of drug-likeness (QED) is 0.622. The van der Waals surface area contributed by atoms with E-state index in [1.807, 2.05) is 35.2 Å². The molecule has 30 heavy (non-hydrogen) atoms. The van der Waals surface area contributed by atoms with Gasteiger partial charge in [0, 0.05) is 41.5 Å². The predicted octanol–water partition coefficient (Wildman–Crippen LogP) is 3.85. The molecule has 2 heterocycles. The number of aliphatic hydroxyl groups excluding tert-OH is 1. The van der Waals surface area contributed by atoms with Crippen LogP contribution in [-0.2, 0) is 6.54 Å². The molecule has 1 aromatic heterocycles. The van der Waals surface area contributed by atoms with Crippen LogP contribution in [0.2, 0.25) is 5.02 Å². The minimum absolute atomic E-state index is 0.0142. The number of anilines is 1. The second-order valence-corrected chi connectivity index (χ2v) is 7.83. The lowest BCUT2D eigenvalue weighted by atomic mass is 9.98. The molecule has 1 amide bonds. The molecular formula is C22H23ClN4O3. The van der Waals surface area contributed by atoms with E-state index in [0.717, 1.165) is 30.6 Å². The van der Waals surface area contributed by atoms with Gasteiger partial charge in [0.2, 0.25) is 11.7 Å². The Balaban J connectivity index is 1.39. The van der Waals surface area contributed by atoms with Gasteiger partial charge in [-0.25, -0.2) is 0 Å². The third-order valence-electron chi connectivity index (χ3n) is 5.19. The number of amides is 1. The van der Waals surface area contributed by atoms with E-state index in [1.54, 1.807) is 18.2 Å². The van der Waals surface area contributed by atoms with Gasteiger partial charge in [0.1, 0.15) is 0 Å². The van der Waals surface area contributed by atoms with Crippen LogP contribution in [-0.4, -0.2) is 45.8 Å². The smallest absolute Gasteiger partial charge is 0.253 e. The Hall–Kier alpha value is -2.90. The Morgan fingerprint density at radius 2 is 2.10 bits per heavy atom. The molecule has 1 aliphatic heterocycles. The zero-order chi connectivity index (χ0) is 20.9. The number of benzene rings is 2. The van der Waals surface area contributed by atoms with Crippen molar-refractivity contribution in [2.24, 2.45) is 5.92 Å². The van der Waals surface area contributed by atoms with Crippen molar-refractivity contribution in [3.63, 3.8) is 0 Å². The van der Waals surface area contributed by atoms with Crippen molar-refractivity contribution in [1.29, 1.82) is 0 Å². The van der Waals surface area contributed by atoms with E-state index in [9.17, 15) is 9.90 Å². The minimum atomic E-state index is -0.0142. The first-order valence-corrected chi connectivity index (χ1v) is 10.3. The molecule has 156 valence electrons. The first kappa shape index (κ1) is 20.4. The van der Waals surface area contributed by atoms with Gasteiger partial charge in [0.05, 0.1) is 6.54 Å². The van der Waals surface area contributed by atoms with Gasteiger partial charge in [-0.15, -0.1) is 0 Å². The van der Waals surface area contributed by atoms with Gasteiger partial charge in [-0.05, 0) is 61.2 Å². The molecule has 1 saturated heterocycles. The zero-order valence-corrected chi connectivity index (χ0v) is 17.2. The zero-order valence-electron chi connectivity index (χ0n) is 16.4. The maximum absolute atomic E-state index is 12.8. The summed E-state index contributed by atoms with van der Waals surface area (Å²) in [6.45, 7) is 1.78. The molecule has 7 nitrogen and oxygen atoms in total. The average molecular weight is 427 g/mol. The van der Waals surface area contributed by atoms with Gasteiger partial charge in [0.15, 0.2) is 0 Å². The molecule has 0 aliphatic carbocycles. The molecular weight excluding hydrogens is 404 g/mol. The standard InChI is InChI=1S/C22H23ClN4O3/c23-18-8-6-16(7-9-18)21-25-20(30-26-21)12-24-19-5-1-4-17(11-19)22(29)27-10-2-3-15(13-27)14-28/h1,4-9,11,15,24,28H,2-3,10,12-14H2. The number of carbonyl (C=O) groups is 1. The fraction of sp³-hybridized carbons (Fsp3) is 0.318. The summed E-state index contributed by atoms with van der Waals surface area (Å²) in [5, 5.41) is 17.3. The number of nitrogens with one attached hydrogen (secondary N) is 1. The Kier molecular flexibility index (Phi) is 6.30. The van der Waals surface area contributed by atoms with Crippen molar-refractivity contribution >= 4 is 23.2 Å². The summed E-state index contributed by atoms with van der Waals surface area (Å²) in [6.07, 6.45) is 1.88. The van der Waals surface area contributed by atoms with E-state index in [1.165, 1.54) is 0 Å². The highest BCUT2D eigenvalue weighted by Gasteiger charge is 2.24. The summed E-state index contributed by atoms with van der Waals surface area (Å²) < 4.78 is 5.31. The van der Waals surface area contributed by atoms with Gasteiger partial charge in [0.25, 0.3) is 5.91 Å². The number of halogens is 1. The molecule has 1 aliphatic rings. The lowest BCUT2D eigenvalue weighted by molar-refractivity contribution is 0.0621. The molecule has 1 fully saturated rings. The molecule has 1 unspecified atom stereocenters. The second-order valence-electron chi connectivity index (χ2n) is 7.39. The third-order valence-corrected chi connectivity index (χ3v) is 5.44. The molecule has 4 rings (SSSR count). The average Bonchev–Trinajstić information content (AvgIpc) is 3.27. The maximum Gasteiger partial charge on any atom is 0.253 e. The van der Waals surface area contributed by atoms with Crippen LogP contribution in [0.4, 0.5) is 5.69 Å². The topological polar surface area (TPSA) is 91.5 Å². The summed E-state index contributed by atoms with van der Waals surface area (Å²) >= 11 is 5.91. The number of aromatic nitrogens is 2. The summed E-state index contributed by atoms with van der Waals surface area (Å²) in [4.78, 5) is 19.0. The Morgan fingerprint density at radius 1 is 1.27 bits per heavy atom. The number of likely N-dealkylation sites (tertiary alicyclic amines) is 1. The van der Waals surface area contributed by atoms with E-state index in [2.05, 4.69) is 15.5 Å². The van der Waals surface area contributed by atoms with Crippen molar-refractivity contribution in [2.75, 3.05) is 25.0 Å². The van der Waals surface area contributed by atoms with Crippen molar-refractivity contribution < 1.29 is 14.4 Å². The van der Waals surface area contributed by atoms with Crippen LogP contribution in [0.5, 0.6) is 0 Å². The van der Waals surface area contributed by atoms with Gasteiger partial charge in [-0.2, -0.15) is 4.98 Å². The molecule has 2 N–H and O–H groups in total. The molecule has 0 spiro atoms. The molecule has 0 saturated carbocycles. The van der Waals surface area contributed by atoms with Crippen LogP contribution in [0.3, 0.4) is 0 Å². The molecule has 1 atom stereocenters. The van der Waals surface area contributed by atoms with Crippen molar-refractivity contribution in [1.82, 2.24) is 15.0 Å².